The van der Waals surface area contributed by atoms with Crippen LogP contribution in [0.25, 0.3) is 0 Å². The number of rotatable bonds is 5. The molecule has 76 valence electrons. The zero-order chi connectivity index (χ0) is 10.4. The smallest absolute Gasteiger partial charge is 0.180 e. The highest BCUT2D eigenvalue weighted by atomic mass is 32.1. The van der Waals surface area contributed by atoms with E-state index in [9.17, 15) is 4.79 Å². The van der Waals surface area contributed by atoms with Crippen molar-refractivity contribution in [1.82, 2.24) is 4.98 Å². The maximum atomic E-state index is 10.6. The molecular weight excluding hydrogens is 204 g/mol. The number of nitrogen functional groups attached to an aromatic ring is 1. The minimum absolute atomic E-state index is 0.117. The molecule has 14 heavy (non-hydrogen) atoms. The van der Waals surface area contributed by atoms with Gasteiger partial charge in [-0.25, -0.2) is 4.98 Å². The molecule has 7 heteroatoms. The van der Waals surface area contributed by atoms with Crippen molar-refractivity contribution >= 4 is 28.5 Å². The Morgan fingerprint density at radius 3 is 3.07 bits per heavy atom. The number of nitrogens with two attached hydrogens (primary N) is 2. The van der Waals surface area contributed by atoms with Crippen molar-refractivity contribution in [3.05, 3.63) is 11.1 Å². The van der Waals surface area contributed by atoms with Crippen LogP contribution in [0.2, 0.25) is 0 Å². The molecule has 0 radical (unpaired) electrons. The van der Waals surface area contributed by atoms with Crippen LogP contribution in [0.1, 0.15) is 5.69 Å². The van der Waals surface area contributed by atoms with Crippen molar-refractivity contribution in [2.45, 2.75) is 0 Å². The van der Waals surface area contributed by atoms with E-state index < -0.39 is 0 Å². The lowest BCUT2D eigenvalue weighted by Crippen LogP contribution is -2.09. The van der Waals surface area contributed by atoms with Crippen LogP contribution in [0.3, 0.4) is 0 Å². The van der Waals surface area contributed by atoms with E-state index in [0.717, 1.165) is 0 Å². The Kier molecular flexibility index (Phi) is 4.02. The average Bonchev–Trinajstić information content (AvgIpc) is 2.60. The fourth-order valence-corrected chi connectivity index (χ4v) is 1.26. The quantitative estimate of drug-likeness (QED) is 0.300. The first kappa shape index (κ1) is 10.6. The highest BCUT2D eigenvalue weighted by Gasteiger charge is 2.06. The van der Waals surface area contributed by atoms with E-state index >= 15 is 0 Å². The number of hydrogen-bond acceptors (Lipinski definition) is 7. The summed E-state index contributed by atoms with van der Waals surface area (Å²) in [6, 6.07) is 0. The van der Waals surface area contributed by atoms with Gasteiger partial charge >= 0.3 is 0 Å². The van der Waals surface area contributed by atoms with Crippen molar-refractivity contribution in [3.63, 3.8) is 0 Å². The number of oxime groups is 1. The molecule has 0 amide bonds. The minimum Gasteiger partial charge on any atom is -0.394 e. The number of carbonyl (C=O) groups is 1. The molecule has 1 heterocycles. The first-order valence-corrected chi connectivity index (χ1v) is 4.72. The Balaban J connectivity index is 2.71. The molecule has 0 spiro atoms. The van der Waals surface area contributed by atoms with E-state index in [1.807, 2.05) is 0 Å². The summed E-state index contributed by atoms with van der Waals surface area (Å²) in [5.41, 5.74) is 11.1. The molecule has 0 bridgehead atoms. The van der Waals surface area contributed by atoms with E-state index in [4.69, 9.17) is 16.3 Å². The molecule has 1 aromatic rings. The number of thiazole rings is 1. The second kappa shape index (κ2) is 5.30. The minimum atomic E-state index is 0.117. The van der Waals surface area contributed by atoms with E-state index in [2.05, 4.69) is 10.1 Å². The van der Waals surface area contributed by atoms with Gasteiger partial charge in [0.15, 0.2) is 17.1 Å². The summed E-state index contributed by atoms with van der Waals surface area (Å²) in [6.45, 7) is 0.603. The van der Waals surface area contributed by atoms with E-state index in [-0.39, 0.29) is 12.3 Å². The summed E-state index contributed by atoms with van der Waals surface area (Å²) >= 11 is 1.23. The molecule has 0 aliphatic heterocycles. The fourth-order valence-electron chi connectivity index (χ4n) is 0.702. The molecule has 0 aromatic carbocycles. The Bertz CT molecular complexity index is 336. The molecule has 0 saturated carbocycles. The van der Waals surface area contributed by atoms with Crippen molar-refractivity contribution in [3.8, 4) is 0 Å². The van der Waals surface area contributed by atoms with Crippen molar-refractivity contribution in [1.29, 1.82) is 0 Å². The van der Waals surface area contributed by atoms with Gasteiger partial charge in [-0.3, -0.25) is 4.79 Å². The van der Waals surface area contributed by atoms with Gasteiger partial charge in [-0.2, -0.15) is 0 Å². The Hall–Kier alpha value is -1.47. The molecule has 0 aliphatic carbocycles. The first-order chi connectivity index (χ1) is 6.77. The van der Waals surface area contributed by atoms with Crippen LogP contribution in [0.15, 0.2) is 10.5 Å². The van der Waals surface area contributed by atoms with Crippen molar-refractivity contribution in [2.24, 2.45) is 10.9 Å². The van der Waals surface area contributed by atoms with E-state index in [0.29, 0.717) is 23.7 Å². The predicted octanol–water partition coefficient (Wildman–Crippen LogP) is -0.396. The van der Waals surface area contributed by atoms with Gasteiger partial charge in [-0.05, 0) is 0 Å². The summed E-state index contributed by atoms with van der Waals surface area (Å²) in [7, 11) is 0. The van der Waals surface area contributed by atoms with E-state index in [1.54, 1.807) is 5.38 Å². The Labute approximate surface area is 84.6 Å². The third kappa shape index (κ3) is 2.79. The third-order valence-corrected chi connectivity index (χ3v) is 1.94. The van der Waals surface area contributed by atoms with Gasteiger partial charge in [0.25, 0.3) is 0 Å². The second-order valence-corrected chi connectivity index (χ2v) is 3.18. The van der Waals surface area contributed by atoms with Gasteiger partial charge in [0.05, 0.1) is 0 Å². The molecule has 0 fully saturated rings. The second-order valence-electron chi connectivity index (χ2n) is 2.29. The van der Waals surface area contributed by atoms with Gasteiger partial charge in [0.2, 0.25) is 0 Å². The first-order valence-electron chi connectivity index (χ1n) is 3.84. The van der Waals surface area contributed by atoms with Crippen LogP contribution >= 0.6 is 11.3 Å². The van der Waals surface area contributed by atoms with Crippen LogP contribution in [-0.2, 0) is 9.63 Å². The highest BCUT2D eigenvalue weighted by molar-refractivity contribution is 7.13. The van der Waals surface area contributed by atoms with Gasteiger partial charge in [-0.1, -0.05) is 5.16 Å². The summed E-state index contributed by atoms with van der Waals surface area (Å²) in [4.78, 5) is 19.2. The number of nitrogens with zero attached hydrogens (tertiary/aromatic N) is 2. The number of aldehydes is 1. The molecular formula is C7H10N4O2S. The molecule has 0 unspecified atom stereocenters. The maximum absolute atomic E-state index is 10.6. The standard InChI is InChI=1S/C7H10N4O2S/c8-1-2-13-11-5(3-12)6-4-14-7(9)10-6/h3-4H,1-2,8H2,(H2,9,10)/b11-5+. The monoisotopic (exact) mass is 214 g/mol. The molecule has 1 rings (SSSR count). The number of hydrogen-bond donors (Lipinski definition) is 2. The van der Waals surface area contributed by atoms with Crippen molar-refractivity contribution in [2.75, 3.05) is 18.9 Å². The molecule has 6 nitrogen and oxygen atoms in total. The third-order valence-electron chi connectivity index (χ3n) is 1.27. The average molecular weight is 214 g/mol. The van der Waals surface area contributed by atoms with Crippen LogP contribution < -0.4 is 11.5 Å². The zero-order valence-electron chi connectivity index (χ0n) is 7.34. The van der Waals surface area contributed by atoms with Gasteiger partial charge < -0.3 is 16.3 Å². The predicted molar refractivity (Wildman–Crippen MR) is 54.1 cm³/mol. The molecule has 0 saturated heterocycles. The van der Waals surface area contributed by atoms with Gasteiger partial charge in [-0.15, -0.1) is 11.3 Å². The lowest BCUT2D eigenvalue weighted by Gasteiger charge is -1.96. The van der Waals surface area contributed by atoms with Crippen LogP contribution in [-0.4, -0.2) is 30.1 Å². The molecule has 0 aliphatic rings. The SMILES string of the molecule is NCCO/N=C(\C=O)c1csc(N)n1. The van der Waals surface area contributed by atoms with Crippen LogP contribution in [0.4, 0.5) is 5.13 Å². The molecule has 1 aromatic heterocycles. The number of carbonyl (C=O) groups excluding carboxylic acids is 1. The summed E-state index contributed by atoms with van der Waals surface area (Å²) in [5.74, 6) is 0. The maximum Gasteiger partial charge on any atom is 0.180 e. The van der Waals surface area contributed by atoms with E-state index in [1.165, 1.54) is 11.3 Å². The summed E-state index contributed by atoms with van der Waals surface area (Å²) in [6.07, 6.45) is 0.561. The van der Waals surface area contributed by atoms with Crippen molar-refractivity contribution < 1.29 is 9.63 Å². The molecule has 0 atom stereocenters. The molecule has 4 N–H and O–H groups in total. The summed E-state index contributed by atoms with van der Waals surface area (Å²) in [5, 5.41) is 5.59. The lowest BCUT2D eigenvalue weighted by atomic mass is 10.3. The van der Waals surface area contributed by atoms with Crippen LogP contribution in [0, 0.1) is 0 Å². The largest absolute Gasteiger partial charge is 0.394 e. The summed E-state index contributed by atoms with van der Waals surface area (Å²) < 4.78 is 0. The van der Waals surface area contributed by atoms with Gasteiger partial charge in [0.1, 0.15) is 12.3 Å². The topological polar surface area (TPSA) is 104 Å². The number of anilines is 1. The number of aromatic nitrogens is 1. The lowest BCUT2D eigenvalue weighted by molar-refractivity contribution is -0.102. The Morgan fingerprint density at radius 1 is 1.79 bits per heavy atom. The van der Waals surface area contributed by atoms with Gasteiger partial charge in [0, 0.05) is 11.9 Å². The Morgan fingerprint density at radius 2 is 2.57 bits per heavy atom. The fraction of sp³-hybridized carbons (Fsp3) is 0.286. The highest BCUT2D eigenvalue weighted by Crippen LogP contribution is 2.11. The normalized spacial score (nSPS) is 11.4. The zero-order valence-corrected chi connectivity index (χ0v) is 8.16. The van der Waals surface area contributed by atoms with Crippen LogP contribution in [0.5, 0.6) is 0 Å².